The van der Waals surface area contributed by atoms with Gasteiger partial charge >= 0.3 is 0 Å². The van der Waals surface area contributed by atoms with E-state index in [-0.39, 0.29) is 10.5 Å². The van der Waals surface area contributed by atoms with Crippen molar-refractivity contribution in [1.29, 1.82) is 0 Å². The van der Waals surface area contributed by atoms with E-state index < -0.39 is 10.0 Å². The Hall–Kier alpha value is -1.14. The molecule has 0 aliphatic rings. The van der Waals surface area contributed by atoms with E-state index in [1.807, 2.05) is 0 Å². The fourth-order valence-electron chi connectivity index (χ4n) is 0.907. The zero-order chi connectivity index (χ0) is 10.8. The molecule has 0 radical (unpaired) electrons. The van der Waals surface area contributed by atoms with E-state index in [2.05, 4.69) is 4.98 Å². The van der Waals surface area contributed by atoms with Crippen molar-refractivity contribution in [3.8, 4) is 0 Å². The minimum atomic E-state index is -3.44. The van der Waals surface area contributed by atoms with Gasteiger partial charge in [0.1, 0.15) is 0 Å². The number of hydrogen-bond acceptors (Lipinski definition) is 3. The molecule has 0 saturated carbocycles. The Kier molecular flexibility index (Phi) is 3.07. The highest BCUT2D eigenvalue weighted by Gasteiger charge is 2.18. The Morgan fingerprint density at radius 2 is 2.07 bits per heavy atom. The molecule has 0 aliphatic heterocycles. The largest absolute Gasteiger partial charge is 0.328 e. The van der Waals surface area contributed by atoms with Crippen LogP contribution in [0.5, 0.6) is 0 Å². The van der Waals surface area contributed by atoms with Crippen LogP contribution in [0.4, 0.5) is 0 Å². The lowest BCUT2D eigenvalue weighted by molar-refractivity contribution is 0.486. The van der Waals surface area contributed by atoms with Gasteiger partial charge in [-0.25, -0.2) is 12.7 Å². The molecule has 1 rings (SSSR count). The van der Waals surface area contributed by atoms with Crippen molar-refractivity contribution in [2.24, 2.45) is 0 Å². The first-order valence-electron chi connectivity index (χ1n) is 4.13. The third kappa shape index (κ3) is 2.02. The maximum absolute atomic E-state index is 11.7. The molecule has 6 heteroatoms. The van der Waals surface area contributed by atoms with Gasteiger partial charge in [0.2, 0.25) is 15.6 Å². The number of nitrogens with zero attached hydrogens (tertiary/aromatic N) is 1. The molecule has 5 nitrogen and oxygen atoms in total. The SMILES string of the molecule is CCN(C)S(=O)(=O)c1ccc(=O)[nH]c1. The predicted molar refractivity (Wildman–Crippen MR) is 52.6 cm³/mol. The molecule has 1 aromatic heterocycles. The van der Waals surface area contributed by atoms with Gasteiger partial charge in [0, 0.05) is 25.9 Å². The molecular weight excluding hydrogens is 204 g/mol. The summed E-state index contributed by atoms with van der Waals surface area (Å²) < 4.78 is 24.6. The first-order chi connectivity index (χ1) is 6.48. The summed E-state index contributed by atoms with van der Waals surface area (Å²) in [7, 11) is -1.96. The van der Waals surface area contributed by atoms with Gasteiger partial charge in [0.25, 0.3) is 0 Å². The average Bonchev–Trinajstić information content (AvgIpc) is 2.17. The van der Waals surface area contributed by atoms with Crippen molar-refractivity contribution in [2.45, 2.75) is 11.8 Å². The molecule has 0 unspecified atom stereocenters. The van der Waals surface area contributed by atoms with Crippen LogP contribution in [0, 0.1) is 0 Å². The van der Waals surface area contributed by atoms with Crippen LogP contribution in [-0.4, -0.2) is 31.3 Å². The highest BCUT2D eigenvalue weighted by atomic mass is 32.2. The summed E-state index contributed by atoms with van der Waals surface area (Å²) in [4.78, 5) is 13.1. The second-order valence-electron chi connectivity index (χ2n) is 2.81. The second-order valence-corrected chi connectivity index (χ2v) is 4.85. The highest BCUT2D eigenvalue weighted by Crippen LogP contribution is 2.10. The third-order valence-electron chi connectivity index (χ3n) is 1.91. The summed E-state index contributed by atoms with van der Waals surface area (Å²) >= 11 is 0. The Balaban J connectivity index is 3.17. The minimum Gasteiger partial charge on any atom is -0.328 e. The number of H-pyrrole nitrogens is 1. The number of nitrogens with one attached hydrogen (secondary N) is 1. The molecule has 0 spiro atoms. The van der Waals surface area contributed by atoms with E-state index in [4.69, 9.17) is 0 Å². The topological polar surface area (TPSA) is 70.2 Å². The van der Waals surface area contributed by atoms with Crippen LogP contribution >= 0.6 is 0 Å². The lowest BCUT2D eigenvalue weighted by Crippen LogP contribution is -2.27. The van der Waals surface area contributed by atoms with Gasteiger partial charge in [-0.2, -0.15) is 0 Å². The van der Waals surface area contributed by atoms with Crippen molar-refractivity contribution in [3.63, 3.8) is 0 Å². The molecule has 0 amide bonds. The summed E-state index contributed by atoms with van der Waals surface area (Å²) in [5, 5.41) is 0. The maximum Gasteiger partial charge on any atom is 0.247 e. The van der Waals surface area contributed by atoms with Crippen molar-refractivity contribution in [3.05, 3.63) is 28.7 Å². The van der Waals surface area contributed by atoms with E-state index in [1.165, 1.54) is 29.7 Å². The van der Waals surface area contributed by atoms with Gasteiger partial charge in [-0.15, -0.1) is 0 Å². The molecule has 1 N–H and O–H groups in total. The number of sulfonamides is 1. The molecule has 0 atom stereocenters. The molecule has 0 aromatic carbocycles. The Labute approximate surface area is 82.4 Å². The van der Waals surface area contributed by atoms with Gasteiger partial charge in [-0.3, -0.25) is 4.79 Å². The van der Waals surface area contributed by atoms with E-state index in [9.17, 15) is 13.2 Å². The summed E-state index contributed by atoms with van der Waals surface area (Å²) in [6.45, 7) is 2.13. The smallest absolute Gasteiger partial charge is 0.247 e. The molecule has 1 heterocycles. The number of hydrogen-bond donors (Lipinski definition) is 1. The molecule has 1 aromatic rings. The van der Waals surface area contributed by atoms with Crippen molar-refractivity contribution in [1.82, 2.24) is 9.29 Å². The van der Waals surface area contributed by atoms with E-state index in [0.29, 0.717) is 6.54 Å². The molecular formula is C8H12N2O3S. The Bertz CT molecular complexity index is 443. The molecule has 0 bridgehead atoms. The van der Waals surface area contributed by atoms with Gasteiger partial charge in [-0.05, 0) is 6.07 Å². The number of pyridine rings is 1. The normalized spacial score (nSPS) is 11.9. The summed E-state index contributed by atoms with van der Waals surface area (Å²) in [5.74, 6) is 0. The zero-order valence-electron chi connectivity index (χ0n) is 8.02. The van der Waals surface area contributed by atoms with Crippen LogP contribution in [0.15, 0.2) is 28.0 Å². The first kappa shape index (κ1) is 10.9. The zero-order valence-corrected chi connectivity index (χ0v) is 8.84. The van der Waals surface area contributed by atoms with E-state index in [1.54, 1.807) is 6.92 Å². The van der Waals surface area contributed by atoms with Crippen molar-refractivity contribution < 1.29 is 8.42 Å². The lowest BCUT2D eigenvalue weighted by Gasteiger charge is -2.13. The molecule has 0 fully saturated rings. The van der Waals surface area contributed by atoms with Gasteiger partial charge in [-0.1, -0.05) is 6.92 Å². The maximum atomic E-state index is 11.7. The average molecular weight is 216 g/mol. The molecule has 14 heavy (non-hydrogen) atoms. The molecule has 78 valence electrons. The second kappa shape index (κ2) is 3.93. The van der Waals surface area contributed by atoms with Crippen molar-refractivity contribution >= 4 is 10.0 Å². The minimum absolute atomic E-state index is 0.0986. The van der Waals surface area contributed by atoms with Crippen LogP contribution < -0.4 is 5.56 Å². The Morgan fingerprint density at radius 1 is 1.43 bits per heavy atom. The van der Waals surface area contributed by atoms with Crippen LogP contribution in [0.2, 0.25) is 0 Å². The monoisotopic (exact) mass is 216 g/mol. The van der Waals surface area contributed by atoms with Gasteiger partial charge < -0.3 is 4.98 Å². The first-order valence-corrected chi connectivity index (χ1v) is 5.57. The summed E-state index contributed by atoms with van der Waals surface area (Å²) in [6, 6.07) is 2.48. The quantitative estimate of drug-likeness (QED) is 0.774. The van der Waals surface area contributed by atoms with Crippen LogP contribution in [-0.2, 0) is 10.0 Å². The van der Waals surface area contributed by atoms with E-state index >= 15 is 0 Å². The van der Waals surface area contributed by atoms with Gasteiger partial charge in [0.15, 0.2) is 0 Å². The van der Waals surface area contributed by atoms with Gasteiger partial charge in [0.05, 0.1) is 4.90 Å². The van der Waals surface area contributed by atoms with Crippen LogP contribution in [0.3, 0.4) is 0 Å². The van der Waals surface area contributed by atoms with Crippen LogP contribution in [0.1, 0.15) is 6.92 Å². The lowest BCUT2D eigenvalue weighted by atomic mass is 10.5. The summed E-state index contributed by atoms with van der Waals surface area (Å²) in [6.07, 6.45) is 1.20. The standard InChI is InChI=1S/C8H12N2O3S/c1-3-10(2)14(12,13)7-4-5-8(11)9-6-7/h4-6H,3H2,1-2H3,(H,9,11). The van der Waals surface area contributed by atoms with E-state index in [0.717, 1.165) is 0 Å². The fourth-order valence-corrected chi connectivity index (χ4v) is 2.05. The third-order valence-corrected chi connectivity index (χ3v) is 3.84. The fraction of sp³-hybridized carbons (Fsp3) is 0.375. The number of aromatic amines is 1. The number of aromatic nitrogens is 1. The molecule has 0 aliphatic carbocycles. The van der Waals surface area contributed by atoms with Crippen LogP contribution in [0.25, 0.3) is 0 Å². The Morgan fingerprint density at radius 3 is 2.50 bits per heavy atom. The highest BCUT2D eigenvalue weighted by molar-refractivity contribution is 7.89. The predicted octanol–water partition coefficient (Wildman–Crippen LogP) is 0.0153. The van der Waals surface area contributed by atoms with Crippen molar-refractivity contribution in [2.75, 3.05) is 13.6 Å². The number of rotatable bonds is 3. The molecule has 0 saturated heterocycles. The summed E-state index contributed by atoms with van der Waals surface area (Å²) in [5.41, 5.74) is -0.317.